The maximum absolute atomic E-state index is 12.2. The molecule has 9 heteroatoms. The van der Waals surface area contributed by atoms with Gasteiger partial charge >= 0.3 is 0 Å². The average molecular weight is 493 g/mol. The summed E-state index contributed by atoms with van der Waals surface area (Å²) in [5.74, 6) is 1.13. The predicted molar refractivity (Wildman–Crippen MR) is 121 cm³/mol. The number of guanidine groups is 1. The molecule has 0 aliphatic heterocycles. The van der Waals surface area contributed by atoms with Crippen LogP contribution in [0.1, 0.15) is 18.3 Å². The fourth-order valence-electron chi connectivity index (χ4n) is 2.63. The van der Waals surface area contributed by atoms with E-state index in [4.69, 9.17) is 0 Å². The molecule has 1 amide bonds. The second-order valence-corrected chi connectivity index (χ2v) is 5.93. The molecule has 0 unspecified atom stereocenters. The van der Waals surface area contributed by atoms with E-state index in [9.17, 15) is 4.79 Å². The molecule has 0 radical (unpaired) electrons. The summed E-state index contributed by atoms with van der Waals surface area (Å²) in [6, 6.07) is 13.5. The minimum Gasteiger partial charge on any atom is -0.349 e. The zero-order valence-electron chi connectivity index (χ0n) is 15.8. The Kier molecular flexibility index (Phi) is 8.18. The van der Waals surface area contributed by atoms with Gasteiger partial charge in [0.15, 0.2) is 17.4 Å². The van der Waals surface area contributed by atoms with Gasteiger partial charge in [-0.25, -0.2) is 0 Å². The van der Waals surface area contributed by atoms with Crippen LogP contribution in [-0.4, -0.2) is 40.1 Å². The number of hydrogen-bond donors (Lipinski definition) is 3. The number of pyridine rings is 1. The van der Waals surface area contributed by atoms with Crippen LogP contribution in [0.5, 0.6) is 0 Å². The topological polar surface area (TPSA) is 95.7 Å². The molecule has 0 aliphatic carbocycles. The van der Waals surface area contributed by atoms with Gasteiger partial charge in [-0.1, -0.05) is 25.1 Å². The van der Waals surface area contributed by atoms with E-state index in [2.05, 4.69) is 38.1 Å². The number of nitrogens with zero attached hydrogens (tertiary/aromatic N) is 4. The minimum atomic E-state index is -0.140. The highest BCUT2D eigenvalue weighted by Crippen LogP contribution is 2.10. The first-order valence-corrected chi connectivity index (χ1v) is 8.81. The minimum absolute atomic E-state index is 0. The zero-order chi connectivity index (χ0) is 19.1. The number of anilines is 1. The van der Waals surface area contributed by atoms with Gasteiger partial charge in [-0.15, -0.1) is 34.2 Å². The van der Waals surface area contributed by atoms with Crippen LogP contribution >= 0.6 is 24.0 Å². The van der Waals surface area contributed by atoms with Crippen molar-refractivity contribution < 1.29 is 4.79 Å². The van der Waals surface area contributed by atoms with Crippen molar-refractivity contribution in [2.75, 3.05) is 18.9 Å². The van der Waals surface area contributed by atoms with E-state index in [-0.39, 0.29) is 36.4 Å². The van der Waals surface area contributed by atoms with Crippen LogP contribution in [0.4, 0.5) is 5.69 Å². The lowest BCUT2D eigenvalue weighted by Crippen LogP contribution is -2.41. The van der Waals surface area contributed by atoms with Crippen molar-refractivity contribution in [3.05, 3.63) is 60.0 Å². The number of aromatic nitrogens is 3. The predicted octanol–water partition coefficient (Wildman–Crippen LogP) is 2.21. The second kappa shape index (κ2) is 10.6. The summed E-state index contributed by atoms with van der Waals surface area (Å²) in [6.07, 6.45) is 2.83. The summed E-state index contributed by atoms with van der Waals surface area (Å²) < 4.78 is 1.90. The van der Waals surface area contributed by atoms with Gasteiger partial charge in [0.1, 0.15) is 0 Å². The quantitative estimate of drug-likeness (QED) is 0.278. The Balaban J connectivity index is 0.00000280. The Morgan fingerprint density at radius 2 is 2.00 bits per heavy atom. The normalized spacial score (nSPS) is 11.0. The Morgan fingerprint density at radius 3 is 2.79 bits per heavy atom. The lowest BCUT2D eigenvalue weighted by molar-refractivity contribution is -0.115. The van der Waals surface area contributed by atoms with Crippen LogP contribution in [0.2, 0.25) is 0 Å². The van der Waals surface area contributed by atoms with Crippen molar-refractivity contribution in [1.82, 2.24) is 25.2 Å². The molecule has 3 rings (SSSR count). The van der Waals surface area contributed by atoms with E-state index in [1.807, 2.05) is 53.1 Å². The first kappa shape index (κ1) is 21.6. The SMILES string of the molecule is CCc1cccc(NC(=O)CNC(=NC)NCc2nnc3ccccn23)c1.I. The summed E-state index contributed by atoms with van der Waals surface area (Å²) in [4.78, 5) is 16.3. The van der Waals surface area contributed by atoms with Crippen molar-refractivity contribution in [2.45, 2.75) is 19.9 Å². The first-order chi connectivity index (χ1) is 13.2. The van der Waals surface area contributed by atoms with Crippen molar-refractivity contribution in [3.63, 3.8) is 0 Å². The Hall–Kier alpha value is -2.69. The standard InChI is InChI=1S/C19H23N7O.HI/c1-3-14-7-6-8-15(11-14)23-18(27)13-22-19(20-2)21-12-17-25-24-16-9-4-5-10-26(16)17;/h4-11H,3,12-13H2,1-2H3,(H,23,27)(H2,20,21,22);1H. The fourth-order valence-corrected chi connectivity index (χ4v) is 2.63. The zero-order valence-corrected chi connectivity index (χ0v) is 18.2. The van der Waals surface area contributed by atoms with Gasteiger partial charge in [0.25, 0.3) is 0 Å². The van der Waals surface area contributed by atoms with E-state index >= 15 is 0 Å². The molecule has 0 bridgehead atoms. The van der Waals surface area contributed by atoms with E-state index in [0.717, 1.165) is 23.6 Å². The molecular formula is C19H24IN7O. The van der Waals surface area contributed by atoms with Crippen LogP contribution < -0.4 is 16.0 Å². The van der Waals surface area contributed by atoms with E-state index in [1.54, 1.807) is 7.05 Å². The van der Waals surface area contributed by atoms with Crippen molar-refractivity contribution in [2.24, 2.45) is 4.99 Å². The van der Waals surface area contributed by atoms with Gasteiger partial charge in [-0.2, -0.15) is 0 Å². The highest BCUT2D eigenvalue weighted by molar-refractivity contribution is 14.0. The molecule has 0 aliphatic rings. The number of fused-ring (bicyclic) bond motifs is 1. The smallest absolute Gasteiger partial charge is 0.243 e. The van der Waals surface area contributed by atoms with Gasteiger partial charge in [0.2, 0.25) is 5.91 Å². The molecule has 28 heavy (non-hydrogen) atoms. The molecular weight excluding hydrogens is 469 g/mol. The van der Waals surface area contributed by atoms with Crippen LogP contribution in [0.15, 0.2) is 53.7 Å². The maximum atomic E-state index is 12.2. The first-order valence-electron chi connectivity index (χ1n) is 8.81. The average Bonchev–Trinajstić information content (AvgIpc) is 3.11. The van der Waals surface area contributed by atoms with Crippen LogP contribution in [0.3, 0.4) is 0 Å². The fraction of sp³-hybridized carbons (Fsp3) is 0.263. The summed E-state index contributed by atoms with van der Waals surface area (Å²) >= 11 is 0. The van der Waals surface area contributed by atoms with Gasteiger partial charge in [0, 0.05) is 18.9 Å². The number of aliphatic imine (C=N–C) groups is 1. The van der Waals surface area contributed by atoms with Gasteiger partial charge in [-0.3, -0.25) is 14.2 Å². The van der Waals surface area contributed by atoms with E-state index in [0.29, 0.717) is 12.5 Å². The molecule has 148 valence electrons. The summed E-state index contributed by atoms with van der Waals surface area (Å²) in [5, 5.41) is 17.3. The third kappa shape index (κ3) is 5.65. The Morgan fingerprint density at radius 1 is 1.14 bits per heavy atom. The number of halogens is 1. The molecule has 2 aromatic heterocycles. The number of amides is 1. The molecule has 0 spiro atoms. The number of carbonyl (C=O) groups excluding carboxylic acids is 1. The number of rotatable bonds is 6. The lowest BCUT2D eigenvalue weighted by Gasteiger charge is -2.12. The Labute approximate surface area is 180 Å². The summed E-state index contributed by atoms with van der Waals surface area (Å²) in [5.41, 5.74) is 2.75. The van der Waals surface area contributed by atoms with Gasteiger partial charge in [0.05, 0.1) is 13.1 Å². The number of hydrogen-bond acceptors (Lipinski definition) is 4. The van der Waals surface area contributed by atoms with E-state index < -0.39 is 0 Å². The van der Waals surface area contributed by atoms with Crippen LogP contribution in [-0.2, 0) is 17.8 Å². The molecule has 2 heterocycles. The molecule has 1 aromatic carbocycles. The van der Waals surface area contributed by atoms with Gasteiger partial charge < -0.3 is 16.0 Å². The Bertz CT molecular complexity index is 954. The third-order valence-corrected chi connectivity index (χ3v) is 4.06. The van der Waals surface area contributed by atoms with Crippen LogP contribution in [0.25, 0.3) is 5.65 Å². The van der Waals surface area contributed by atoms with Crippen molar-refractivity contribution >= 4 is 47.2 Å². The monoisotopic (exact) mass is 493 g/mol. The number of benzene rings is 1. The highest BCUT2D eigenvalue weighted by Gasteiger charge is 2.07. The summed E-state index contributed by atoms with van der Waals surface area (Å²) in [6.45, 7) is 2.62. The highest BCUT2D eigenvalue weighted by atomic mass is 127. The molecule has 3 N–H and O–H groups in total. The molecule has 0 fully saturated rings. The van der Waals surface area contributed by atoms with Gasteiger partial charge in [-0.05, 0) is 36.2 Å². The molecule has 3 aromatic rings. The number of nitrogens with one attached hydrogen (secondary N) is 3. The second-order valence-electron chi connectivity index (χ2n) is 5.93. The lowest BCUT2D eigenvalue weighted by atomic mass is 10.1. The number of aryl methyl sites for hydroxylation is 1. The molecule has 0 saturated heterocycles. The van der Waals surface area contributed by atoms with Crippen molar-refractivity contribution in [1.29, 1.82) is 0 Å². The third-order valence-electron chi connectivity index (χ3n) is 4.06. The largest absolute Gasteiger partial charge is 0.349 e. The van der Waals surface area contributed by atoms with E-state index in [1.165, 1.54) is 5.56 Å². The maximum Gasteiger partial charge on any atom is 0.243 e. The van der Waals surface area contributed by atoms with Crippen LogP contribution in [0, 0.1) is 0 Å². The molecule has 8 nitrogen and oxygen atoms in total. The molecule has 0 atom stereocenters. The number of carbonyl (C=O) groups is 1. The summed E-state index contributed by atoms with van der Waals surface area (Å²) in [7, 11) is 1.65. The molecule has 0 saturated carbocycles. The van der Waals surface area contributed by atoms with Crippen molar-refractivity contribution in [3.8, 4) is 0 Å².